The van der Waals surface area contributed by atoms with Crippen molar-refractivity contribution in [2.24, 2.45) is 0 Å². The predicted octanol–water partition coefficient (Wildman–Crippen LogP) is 1.55. The first-order chi connectivity index (χ1) is 12.6. The average Bonchev–Trinajstić information content (AvgIpc) is 3.25. The quantitative estimate of drug-likeness (QED) is 0.807. The van der Waals surface area contributed by atoms with Crippen LogP contribution in [0.1, 0.15) is 17.7 Å². The Morgan fingerprint density at radius 3 is 2.81 bits per heavy atom. The summed E-state index contributed by atoms with van der Waals surface area (Å²) >= 11 is 0. The van der Waals surface area contributed by atoms with Gasteiger partial charge >= 0.3 is 0 Å². The zero-order valence-corrected chi connectivity index (χ0v) is 15.7. The number of likely N-dealkylation sites (N-methyl/N-ethyl adjacent to an activating group) is 1. The maximum atomic E-state index is 5.62. The number of methoxy groups -OCH3 is 1. The molecule has 0 N–H and O–H groups in total. The van der Waals surface area contributed by atoms with Gasteiger partial charge in [0.1, 0.15) is 18.0 Å². The lowest BCUT2D eigenvalue weighted by Gasteiger charge is -2.28. The second kappa shape index (κ2) is 7.17. The molecule has 4 rings (SSSR count). The molecule has 0 aliphatic carbocycles. The number of anilines is 2. The van der Waals surface area contributed by atoms with Crippen LogP contribution in [0, 0.1) is 0 Å². The molecule has 26 heavy (non-hydrogen) atoms. The first kappa shape index (κ1) is 17.2. The standard InChI is InChI=1S/C19H26N6O/c1-23(2)10-15-7-16(26-3)11-25(15)19-8-18(21-13-22-19)24-9-14-5-4-6-20-17(14)12-24/h4-6,8,13,15-16H,7,9-12H2,1-3H3/t15-,16-/m0/s1. The lowest BCUT2D eigenvalue weighted by atomic mass is 10.2. The minimum atomic E-state index is 0.249. The van der Waals surface area contributed by atoms with Gasteiger partial charge in [-0.2, -0.15) is 0 Å². The summed E-state index contributed by atoms with van der Waals surface area (Å²) in [5.41, 5.74) is 2.41. The van der Waals surface area contributed by atoms with Crippen molar-refractivity contribution < 1.29 is 4.74 Å². The van der Waals surface area contributed by atoms with E-state index in [1.165, 1.54) is 5.56 Å². The monoisotopic (exact) mass is 354 g/mol. The molecule has 2 aromatic heterocycles. The summed E-state index contributed by atoms with van der Waals surface area (Å²) in [5, 5.41) is 0. The van der Waals surface area contributed by atoms with Gasteiger partial charge in [0, 0.05) is 45.0 Å². The van der Waals surface area contributed by atoms with E-state index in [4.69, 9.17) is 4.74 Å². The number of pyridine rings is 1. The van der Waals surface area contributed by atoms with Gasteiger partial charge in [0.2, 0.25) is 0 Å². The fourth-order valence-corrected chi connectivity index (χ4v) is 3.95. The van der Waals surface area contributed by atoms with Crippen molar-refractivity contribution in [2.75, 3.05) is 44.1 Å². The molecular weight excluding hydrogens is 328 g/mol. The van der Waals surface area contributed by atoms with Gasteiger partial charge in [0.15, 0.2) is 0 Å². The molecule has 2 aliphatic heterocycles. The smallest absolute Gasteiger partial charge is 0.134 e. The molecule has 0 saturated carbocycles. The van der Waals surface area contributed by atoms with Crippen LogP contribution in [0.5, 0.6) is 0 Å². The van der Waals surface area contributed by atoms with E-state index in [2.05, 4.69) is 55.9 Å². The van der Waals surface area contributed by atoms with Crippen LogP contribution in [-0.2, 0) is 17.8 Å². The number of fused-ring (bicyclic) bond motifs is 1. The summed E-state index contributed by atoms with van der Waals surface area (Å²) < 4.78 is 5.62. The first-order valence-electron chi connectivity index (χ1n) is 9.08. The fourth-order valence-electron chi connectivity index (χ4n) is 3.95. The Morgan fingerprint density at radius 2 is 2.04 bits per heavy atom. The molecule has 7 nitrogen and oxygen atoms in total. The Balaban J connectivity index is 1.56. The van der Waals surface area contributed by atoms with Crippen LogP contribution in [0.4, 0.5) is 11.6 Å². The Bertz CT molecular complexity index is 742. The number of ether oxygens (including phenoxy) is 1. The third-order valence-electron chi connectivity index (χ3n) is 5.23. The van der Waals surface area contributed by atoms with Crippen LogP contribution in [-0.4, -0.2) is 66.3 Å². The Morgan fingerprint density at radius 1 is 1.19 bits per heavy atom. The molecule has 1 fully saturated rings. The average molecular weight is 354 g/mol. The lowest BCUT2D eigenvalue weighted by Crippen LogP contribution is -2.38. The first-order valence-corrected chi connectivity index (χ1v) is 9.08. The molecule has 0 radical (unpaired) electrons. The molecule has 7 heteroatoms. The topological polar surface area (TPSA) is 57.6 Å². The molecule has 0 amide bonds. The van der Waals surface area contributed by atoms with Crippen molar-refractivity contribution in [1.29, 1.82) is 0 Å². The molecule has 4 heterocycles. The van der Waals surface area contributed by atoms with E-state index in [0.717, 1.165) is 49.9 Å². The third-order valence-corrected chi connectivity index (χ3v) is 5.23. The highest BCUT2D eigenvalue weighted by atomic mass is 16.5. The highest BCUT2D eigenvalue weighted by molar-refractivity contribution is 5.53. The second-order valence-corrected chi connectivity index (χ2v) is 7.36. The zero-order chi connectivity index (χ0) is 18.1. The van der Waals surface area contributed by atoms with Gasteiger partial charge in [-0.3, -0.25) is 4.98 Å². The number of nitrogens with zero attached hydrogens (tertiary/aromatic N) is 6. The van der Waals surface area contributed by atoms with Crippen molar-refractivity contribution in [3.8, 4) is 0 Å². The number of rotatable bonds is 5. The Labute approximate surface area is 154 Å². The van der Waals surface area contributed by atoms with Gasteiger partial charge in [-0.15, -0.1) is 0 Å². The molecule has 0 bridgehead atoms. The van der Waals surface area contributed by atoms with Crippen molar-refractivity contribution in [1.82, 2.24) is 19.9 Å². The maximum absolute atomic E-state index is 5.62. The van der Waals surface area contributed by atoms with Crippen LogP contribution < -0.4 is 9.80 Å². The van der Waals surface area contributed by atoms with Crippen molar-refractivity contribution in [3.05, 3.63) is 42.0 Å². The summed E-state index contributed by atoms with van der Waals surface area (Å²) in [6.07, 6.45) is 4.80. The third kappa shape index (κ3) is 3.37. The van der Waals surface area contributed by atoms with Gasteiger partial charge in [-0.25, -0.2) is 9.97 Å². The molecule has 1 saturated heterocycles. The normalized spacial score (nSPS) is 22.3. The minimum Gasteiger partial charge on any atom is -0.380 e. The van der Waals surface area contributed by atoms with E-state index in [9.17, 15) is 0 Å². The van der Waals surface area contributed by atoms with E-state index in [-0.39, 0.29) is 6.10 Å². The Kier molecular flexibility index (Phi) is 4.74. The van der Waals surface area contributed by atoms with Crippen LogP contribution >= 0.6 is 0 Å². The van der Waals surface area contributed by atoms with Gasteiger partial charge in [-0.1, -0.05) is 6.07 Å². The minimum absolute atomic E-state index is 0.249. The van der Waals surface area contributed by atoms with Crippen LogP contribution in [0.2, 0.25) is 0 Å². The fraction of sp³-hybridized carbons (Fsp3) is 0.526. The molecule has 0 unspecified atom stereocenters. The van der Waals surface area contributed by atoms with E-state index in [1.807, 2.05) is 12.3 Å². The lowest BCUT2D eigenvalue weighted by molar-refractivity contribution is 0.117. The molecule has 138 valence electrons. The van der Waals surface area contributed by atoms with E-state index in [1.54, 1.807) is 13.4 Å². The summed E-state index contributed by atoms with van der Waals surface area (Å²) in [6.45, 7) is 3.50. The SMILES string of the molecule is CO[C@H]1C[C@@H](CN(C)C)N(c2cc(N3Cc4cccnc4C3)ncn2)C1. The van der Waals surface area contributed by atoms with E-state index >= 15 is 0 Å². The molecule has 0 aromatic carbocycles. The Hall–Kier alpha value is -2.25. The van der Waals surface area contributed by atoms with Crippen LogP contribution in [0.25, 0.3) is 0 Å². The van der Waals surface area contributed by atoms with Crippen molar-refractivity contribution in [2.45, 2.75) is 31.7 Å². The van der Waals surface area contributed by atoms with E-state index < -0.39 is 0 Å². The van der Waals surface area contributed by atoms with E-state index in [0.29, 0.717) is 6.04 Å². The number of aromatic nitrogens is 3. The zero-order valence-electron chi connectivity index (χ0n) is 15.7. The largest absolute Gasteiger partial charge is 0.380 e. The molecule has 2 aromatic rings. The maximum Gasteiger partial charge on any atom is 0.134 e. The summed E-state index contributed by atoms with van der Waals surface area (Å²) in [7, 11) is 6.01. The molecule has 0 spiro atoms. The predicted molar refractivity (Wildman–Crippen MR) is 101 cm³/mol. The molecular formula is C19H26N6O. The number of hydrogen-bond acceptors (Lipinski definition) is 7. The van der Waals surface area contributed by atoms with Crippen molar-refractivity contribution in [3.63, 3.8) is 0 Å². The summed E-state index contributed by atoms with van der Waals surface area (Å²) in [6, 6.07) is 6.64. The summed E-state index contributed by atoms with van der Waals surface area (Å²) in [5.74, 6) is 1.93. The highest BCUT2D eigenvalue weighted by Gasteiger charge is 2.33. The molecule has 2 atom stereocenters. The number of hydrogen-bond donors (Lipinski definition) is 0. The van der Waals surface area contributed by atoms with Crippen LogP contribution in [0.15, 0.2) is 30.7 Å². The van der Waals surface area contributed by atoms with Crippen molar-refractivity contribution >= 4 is 11.6 Å². The van der Waals surface area contributed by atoms with Crippen LogP contribution in [0.3, 0.4) is 0 Å². The highest BCUT2D eigenvalue weighted by Crippen LogP contribution is 2.30. The van der Waals surface area contributed by atoms with Gasteiger partial charge < -0.3 is 19.4 Å². The second-order valence-electron chi connectivity index (χ2n) is 7.36. The molecule has 2 aliphatic rings. The van der Waals surface area contributed by atoms with Gasteiger partial charge in [-0.05, 0) is 32.1 Å². The summed E-state index contributed by atoms with van der Waals surface area (Å²) in [4.78, 5) is 20.4. The van der Waals surface area contributed by atoms with Gasteiger partial charge in [0.05, 0.1) is 18.3 Å². The van der Waals surface area contributed by atoms with Gasteiger partial charge in [0.25, 0.3) is 0 Å².